The van der Waals surface area contributed by atoms with Crippen molar-refractivity contribution in [3.63, 3.8) is 0 Å². The second-order valence-corrected chi connectivity index (χ2v) is 10.6. The monoisotopic (exact) mass is 497 g/mol. The summed E-state index contributed by atoms with van der Waals surface area (Å²) in [4.78, 5) is 33.0. The molecule has 1 aromatic carbocycles. The Hall–Kier alpha value is -2.98. The SMILES string of the molecule is CCc1c(C)sc2nc(SCC(=O)Nc3nnc(C(C)C)o3)n(-c3cc(C)ccc3C)c(=O)c12. The zero-order chi connectivity index (χ0) is 24.6. The van der Waals surface area contributed by atoms with E-state index in [1.54, 1.807) is 4.57 Å². The molecule has 0 saturated carbocycles. The molecular weight excluding hydrogens is 470 g/mol. The van der Waals surface area contributed by atoms with Crippen LogP contribution in [0.5, 0.6) is 0 Å². The molecule has 0 spiro atoms. The van der Waals surface area contributed by atoms with Gasteiger partial charge in [0, 0.05) is 10.8 Å². The van der Waals surface area contributed by atoms with Gasteiger partial charge in [0.05, 0.1) is 16.8 Å². The van der Waals surface area contributed by atoms with Crippen molar-refractivity contribution in [2.75, 3.05) is 11.1 Å². The predicted molar refractivity (Wildman–Crippen MR) is 137 cm³/mol. The highest BCUT2D eigenvalue weighted by atomic mass is 32.2. The molecule has 34 heavy (non-hydrogen) atoms. The van der Waals surface area contributed by atoms with Gasteiger partial charge in [0.2, 0.25) is 11.8 Å². The van der Waals surface area contributed by atoms with Gasteiger partial charge in [0.1, 0.15) is 4.83 Å². The van der Waals surface area contributed by atoms with Gasteiger partial charge in [0.15, 0.2) is 5.16 Å². The third-order valence-corrected chi connectivity index (χ3v) is 7.45. The lowest BCUT2D eigenvalue weighted by Crippen LogP contribution is -2.24. The summed E-state index contributed by atoms with van der Waals surface area (Å²) in [5, 5.41) is 11.6. The lowest BCUT2D eigenvalue weighted by molar-refractivity contribution is -0.113. The van der Waals surface area contributed by atoms with Gasteiger partial charge in [0.25, 0.3) is 5.56 Å². The summed E-state index contributed by atoms with van der Waals surface area (Å²) in [5.74, 6) is 0.242. The summed E-state index contributed by atoms with van der Waals surface area (Å²) in [6, 6.07) is 6.04. The largest absolute Gasteiger partial charge is 0.408 e. The number of fused-ring (bicyclic) bond motifs is 1. The number of hydrogen-bond donors (Lipinski definition) is 1. The minimum atomic E-state index is -0.317. The molecule has 4 rings (SSSR count). The van der Waals surface area contributed by atoms with Crippen LogP contribution in [-0.2, 0) is 11.2 Å². The minimum absolute atomic E-state index is 0.0349. The molecule has 0 saturated heterocycles. The van der Waals surface area contributed by atoms with Crippen molar-refractivity contribution < 1.29 is 9.21 Å². The lowest BCUT2D eigenvalue weighted by atomic mass is 10.1. The van der Waals surface area contributed by atoms with E-state index in [-0.39, 0.29) is 29.2 Å². The molecule has 0 unspecified atom stereocenters. The van der Waals surface area contributed by atoms with E-state index in [1.807, 2.05) is 59.7 Å². The van der Waals surface area contributed by atoms with Gasteiger partial charge < -0.3 is 4.42 Å². The molecule has 3 heterocycles. The molecule has 4 aromatic rings. The van der Waals surface area contributed by atoms with E-state index >= 15 is 0 Å². The van der Waals surface area contributed by atoms with E-state index in [2.05, 4.69) is 15.5 Å². The average Bonchev–Trinajstić information content (AvgIpc) is 3.38. The topological polar surface area (TPSA) is 103 Å². The van der Waals surface area contributed by atoms with Gasteiger partial charge in [-0.25, -0.2) is 4.98 Å². The van der Waals surface area contributed by atoms with E-state index in [1.165, 1.54) is 23.1 Å². The fourth-order valence-corrected chi connectivity index (χ4v) is 5.66. The van der Waals surface area contributed by atoms with Crippen molar-refractivity contribution in [1.29, 1.82) is 0 Å². The summed E-state index contributed by atoms with van der Waals surface area (Å²) in [6.07, 6.45) is 0.757. The highest BCUT2D eigenvalue weighted by Gasteiger charge is 2.21. The third-order valence-electron chi connectivity index (χ3n) is 5.47. The van der Waals surface area contributed by atoms with Crippen LogP contribution in [0.4, 0.5) is 6.01 Å². The highest BCUT2D eigenvalue weighted by molar-refractivity contribution is 7.99. The van der Waals surface area contributed by atoms with Gasteiger partial charge in [-0.15, -0.1) is 16.4 Å². The number of nitrogens with zero attached hydrogens (tertiary/aromatic N) is 4. The van der Waals surface area contributed by atoms with Gasteiger partial charge in [-0.1, -0.05) is 49.8 Å². The van der Waals surface area contributed by atoms with Gasteiger partial charge >= 0.3 is 6.01 Å². The second-order valence-electron chi connectivity index (χ2n) is 8.43. The Kier molecular flexibility index (Phi) is 6.90. The highest BCUT2D eigenvalue weighted by Crippen LogP contribution is 2.31. The fraction of sp³-hybridized carbons (Fsp3) is 0.375. The Balaban J connectivity index is 1.73. The Morgan fingerprint density at radius 1 is 1.24 bits per heavy atom. The molecular formula is C24H27N5O3S2. The molecule has 178 valence electrons. The van der Waals surface area contributed by atoms with Crippen LogP contribution in [0.2, 0.25) is 0 Å². The quantitative estimate of drug-likeness (QED) is 0.277. The number of thiophene rings is 1. The number of benzene rings is 1. The maximum Gasteiger partial charge on any atom is 0.322 e. The minimum Gasteiger partial charge on any atom is -0.408 e. The molecule has 0 atom stereocenters. The summed E-state index contributed by atoms with van der Waals surface area (Å²) in [5.41, 5.74) is 3.68. The standard InChI is InChI=1S/C24H27N5O3S2/c1-7-16-15(6)34-21-19(16)22(31)29(17-10-13(4)8-9-14(17)5)24(26-21)33-11-18(30)25-23-28-27-20(32-23)12(2)3/h8-10,12H,7,11H2,1-6H3,(H,25,28,30). The molecule has 0 bridgehead atoms. The third kappa shape index (κ3) is 4.65. The first-order valence-corrected chi connectivity index (χ1v) is 12.9. The first kappa shape index (κ1) is 24.2. The van der Waals surface area contributed by atoms with Crippen LogP contribution in [0.25, 0.3) is 15.9 Å². The van der Waals surface area contributed by atoms with Crippen LogP contribution in [0, 0.1) is 20.8 Å². The van der Waals surface area contributed by atoms with Crippen molar-refractivity contribution in [2.24, 2.45) is 0 Å². The Morgan fingerprint density at radius 3 is 2.68 bits per heavy atom. The molecule has 0 radical (unpaired) electrons. The Labute approximate surface area is 205 Å². The number of amides is 1. The van der Waals surface area contributed by atoms with Crippen LogP contribution in [-0.4, -0.2) is 31.4 Å². The van der Waals surface area contributed by atoms with Crippen molar-refractivity contribution in [2.45, 2.75) is 59.0 Å². The number of anilines is 1. The van der Waals surface area contributed by atoms with Crippen LogP contribution in [0.15, 0.2) is 32.6 Å². The maximum atomic E-state index is 13.8. The van der Waals surface area contributed by atoms with E-state index in [4.69, 9.17) is 9.40 Å². The number of hydrogen-bond acceptors (Lipinski definition) is 8. The smallest absolute Gasteiger partial charge is 0.322 e. The summed E-state index contributed by atoms with van der Waals surface area (Å²) < 4.78 is 7.10. The first-order chi connectivity index (χ1) is 16.2. The van der Waals surface area contributed by atoms with Gasteiger partial charge in [-0.3, -0.25) is 19.5 Å². The number of aryl methyl sites for hydroxylation is 4. The molecule has 10 heteroatoms. The Bertz CT molecular complexity index is 1430. The van der Waals surface area contributed by atoms with E-state index in [0.717, 1.165) is 33.7 Å². The van der Waals surface area contributed by atoms with Gasteiger partial charge in [-0.2, -0.15) is 0 Å². The van der Waals surface area contributed by atoms with Crippen molar-refractivity contribution in [3.8, 4) is 5.69 Å². The number of carbonyl (C=O) groups excluding carboxylic acids is 1. The molecule has 0 fully saturated rings. The van der Waals surface area contributed by atoms with E-state index in [0.29, 0.717) is 21.3 Å². The zero-order valence-electron chi connectivity index (χ0n) is 20.1. The fourth-order valence-electron chi connectivity index (χ4n) is 3.70. The van der Waals surface area contributed by atoms with Crippen molar-refractivity contribution >= 4 is 45.2 Å². The van der Waals surface area contributed by atoms with Crippen LogP contribution < -0.4 is 10.9 Å². The number of nitrogens with one attached hydrogen (secondary N) is 1. The first-order valence-electron chi connectivity index (χ1n) is 11.1. The van der Waals surface area contributed by atoms with E-state index in [9.17, 15) is 9.59 Å². The summed E-state index contributed by atoms with van der Waals surface area (Å²) in [6.45, 7) is 11.9. The molecule has 3 aromatic heterocycles. The predicted octanol–water partition coefficient (Wildman–Crippen LogP) is 5.17. The average molecular weight is 498 g/mol. The molecule has 8 nitrogen and oxygen atoms in total. The Morgan fingerprint density at radius 2 is 2.00 bits per heavy atom. The normalized spacial score (nSPS) is 11.5. The van der Waals surface area contributed by atoms with Crippen LogP contribution in [0.1, 0.15) is 54.1 Å². The molecule has 0 aliphatic heterocycles. The maximum absolute atomic E-state index is 13.8. The van der Waals surface area contributed by atoms with Gasteiger partial charge in [-0.05, 0) is 49.9 Å². The second kappa shape index (κ2) is 9.71. The molecule has 0 aliphatic carbocycles. The summed E-state index contributed by atoms with van der Waals surface area (Å²) in [7, 11) is 0. The number of aromatic nitrogens is 4. The molecule has 1 amide bonds. The number of carbonyl (C=O) groups is 1. The number of thioether (sulfide) groups is 1. The van der Waals surface area contributed by atoms with Crippen molar-refractivity contribution in [1.82, 2.24) is 19.7 Å². The number of rotatable bonds is 7. The van der Waals surface area contributed by atoms with Crippen molar-refractivity contribution in [3.05, 3.63) is 56.0 Å². The molecule has 1 N–H and O–H groups in total. The summed E-state index contributed by atoms with van der Waals surface area (Å²) >= 11 is 2.72. The zero-order valence-corrected chi connectivity index (χ0v) is 21.7. The molecule has 0 aliphatic rings. The van der Waals surface area contributed by atoms with Crippen LogP contribution >= 0.6 is 23.1 Å². The lowest BCUT2D eigenvalue weighted by Gasteiger charge is -2.15. The van der Waals surface area contributed by atoms with E-state index < -0.39 is 0 Å². The van der Waals surface area contributed by atoms with Crippen LogP contribution in [0.3, 0.4) is 0 Å².